The van der Waals surface area contributed by atoms with E-state index in [2.05, 4.69) is 29.3 Å². The van der Waals surface area contributed by atoms with Crippen molar-refractivity contribution < 1.29 is 14.3 Å². The molecule has 26 heavy (non-hydrogen) atoms. The molecule has 1 amide bonds. The average Bonchev–Trinajstić information content (AvgIpc) is 2.66. The minimum Gasteiger partial charge on any atom is -0.496 e. The zero-order chi connectivity index (χ0) is 18.4. The van der Waals surface area contributed by atoms with E-state index in [1.807, 2.05) is 24.3 Å². The van der Waals surface area contributed by atoms with Crippen LogP contribution in [0.25, 0.3) is 0 Å². The second kappa shape index (κ2) is 8.83. The Labute approximate surface area is 154 Å². The zero-order valence-electron chi connectivity index (χ0n) is 15.4. The SMILES string of the molecule is COc1ccccc1C(=O)NCc1cccc(CN2CCOC(C)C2)c1. The number of para-hydroxylation sites is 1. The third-order valence-electron chi connectivity index (χ3n) is 4.53. The number of carbonyl (C=O) groups excluding carboxylic acids is 1. The van der Waals surface area contributed by atoms with E-state index in [-0.39, 0.29) is 12.0 Å². The van der Waals surface area contributed by atoms with E-state index >= 15 is 0 Å². The number of rotatable bonds is 6. The van der Waals surface area contributed by atoms with Crippen LogP contribution in [0.15, 0.2) is 48.5 Å². The predicted molar refractivity (Wildman–Crippen MR) is 101 cm³/mol. The second-order valence-electron chi connectivity index (χ2n) is 6.62. The highest BCUT2D eigenvalue weighted by Crippen LogP contribution is 2.17. The Bertz CT molecular complexity index is 748. The quantitative estimate of drug-likeness (QED) is 0.867. The van der Waals surface area contributed by atoms with Crippen LogP contribution in [-0.4, -0.2) is 43.7 Å². The lowest BCUT2D eigenvalue weighted by Gasteiger charge is -2.31. The van der Waals surface area contributed by atoms with Gasteiger partial charge in [-0.3, -0.25) is 9.69 Å². The molecule has 0 aliphatic carbocycles. The number of amides is 1. The molecule has 0 spiro atoms. The van der Waals surface area contributed by atoms with Crippen LogP contribution >= 0.6 is 0 Å². The molecule has 1 fully saturated rings. The van der Waals surface area contributed by atoms with Crippen LogP contribution < -0.4 is 10.1 Å². The van der Waals surface area contributed by atoms with Crippen LogP contribution in [0.5, 0.6) is 5.75 Å². The van der Waals surface area contributed by atoms with Crippen molar-refractivity contribution in [3.8, 4) is 5.75 Å². The number of carbonyl (C=O) groups is 1. The molecule has 1 unspecified atom stereocenters. The van der Waals surface area contributed by atoms with Gasteiger partial charge in [-0.15, -0.1) is 0 Å². The lowest BCUT2D eigenvalue weighted by Crippen LogP contribution is -2.40. The zero-order valence-corrected chi connectivity index (χ0v) is 15.4. The van der Waals surface area contributed by atoms with E-state index in [1.165, 1.54) is 5.56 Å². The van der Waals surface area contributed by atoms with Crippen molar-refractivity contribution in [3.63, 3.8) is 0 Å². The summed E-state index contributed by atoms with van der Waals surface area (Å²) in [5.41, 5.74) is 2.89. The molecule has 0 aromatic heterocycles. The monoisotopic (exact) mass is 354 g/mol. The molecule has 2 aromatic rings. The predicted octanol–water partition coefficient (Wildman–Crippen LogP) is 2.85. The van der Waals surface area contributed by atoms with E-state index in [9.17, 15) is 4.79 Å². The highest BCUT2D eigenvalue weighted by Gasteiger charge is 2.16. The second-order valence-corrected chi connectivity index (χ2v) is 6.62. The number of morpholine rings is 1. The van der Waals surface area contributed by atoms with Gasteiger partial charge >= 0.3 is 0 Å². The maximum absolute atomic E-state index is 12.4. The van der Waals surface area contributed by atoms with Crippen molar-refractivity contribution in [2.45, 2.75) is 26.1 Å². The molecule has 1 N–H and O–H groups in total. The van der Waals surface area contributed by atoms with Crippen LogP contribution in [0.1, 0.15) is 28.4 Å². The number of benzene rings is 2. The molecule has 0 radical (unpaired) electrons. The van der Waals surface area contributed by atoms with Gasteiger partial charge in [0.1, 0.15) is 5.75 Å². The van der Waals surface area contributed by atoms with Gasteiger partial charge in [0.15, 0.2) is 0 Å². The van der Waals surface area contributed by atoms with Crippen molar-refractivity contribution in [3.05, 3.63) is 65.2 Å². The van der Waals surface area contributed by atoms with Gasteiger partial charge in [-0.05, 0) is 30.2 Å². The summed E-state index contributed by atoms with van der Waals surface area (Å²) in [7, 11) is 1.57. The lowest BCUT2D eigenvalue weighted by molar-refractivity contribution is -0.0212. The van der Waals surface area contributed by atoms with E-state index in [0.717, 1.165) is 31.8 Å². The average molecular weight is 354 g/mol. The summed E-state index contributed by atoms with van der Waals surface area (Å²) >= 11 is 0. The first-order valence-corrected chi connectivity index (χ1v) is 8.98. The fourth-order valence-corrected chi connectivity index (χ4v) is 3.24. The van der Waals surface area contributed by atoms with Gasteiger partial charge in [0.2, 0.25) is 0 Å². The highest BCUT2D eigenvalue weighted by molar-refractivity contribution is 5.96. The van der Waals surface area contributed by atoms with E-state index in [4.69, 9.17) is 9.47 Å². The first-order valence-electron chi connectivity index (χ1n) is 8.98. The Kier molecular flexibility index (Phi) is 6.26. The number of hydrogen-bond donors (Lipinski definition) is 1. The normalized spacial score (nSPS) is 17.7. The van der Waals surface area contributed by atoms with Crippen LogP contribution in [0, 0.1) is 0 Å². The van der Waals surface area contributed by atoms with Crippen molar-refractivity contribution in [2.75, 3.05) is 26.8 Å². The fourth-order valence-electron chi connectivity index (χ4n) is 3.24. The largest absolute Gasteiger partial charge is 0.496 e. The van der Waals surface area contributed by atoms with E-state index in [0.29, 0.717) is 17.9 Å². The summed E-state index contributed by atoms with van der Waals surface area (Å²) in [5.74, 6) is 0.454. The first-order chi connectivity index (χ1) is 12.7. The summed E-state index contributed by atoms with van der Waals surface area (Å²) in [6.45, 7) is 6.20. The van der Waals surface area contributed by atoms with Gasteiger partial charge in [0, 0.05) is 26.2 Å². The fraction of sp³-hybridized carbons (Fsp3) is 0.381. The Morgan fingerprint density at radius 2 is 2.04 bits per heavy atom. The third kappa shape index (κ3) is 4.84. The molecule has 0 saturated carbocycles. The van der Waals surface area contributed by atoms with Crippen molar-refractivity contribution in [1.29, 1.82) is 0 Å². The van der Waals surface area contributed by atoms with Crippen LogP contribution in [0.2, 0.25) is 0 Å². The highest BCUT2D eigenvalue weighted by atomic mass is 16.5. The third-order valence-corrected chi connectivity index (χ3v) is 4.53. The molecule has 5 heteroatoms. The smallest absolute Gasteiger partial charge is 0.255 e. The summed E-state index contributed by atoms with van der Waals surface area (Å²) in [4.78, 5) is 14.8. The van der Waals surface area contributed by atoms with Crippen LogP contribution in [0.4, 0.5) is 0 Å². The van der Waals surface area contributed by atoms with Crippen molar-refractivity contribution >= 4 is 5.91 Å². The standard InChI is InChI=1S/C21H26N2O3/c1-16-14-23(10-11-26-16)15-18-7-5-6-17(12-18)13-22-21(24)19-8-3-4-9-20(19)25-2/h3-9,12,16H,10-11,13-15H2,1-2H3,(H,22,24). The molecule has 0 bridgehead atoms. The molecule has 3 rings (SSSR count). The molecule has 1 saturated heterocycles. The molecule has 1 aliphatic rings. The number of ether oxygens (including phenoxy) is 2. The van der Waals surface area contributed by atoms with Crippen molar-refractivity contribution in [2.24, 2.45) is 0 Å². The minimum absolute atomic E-state index is 0.130. The minimum atomic E-state index is -0.130. The summed E-state index contributed by atoms with van der Waals surface area (Å²) in [5, 5.41) is 2.98. The first kappa shape index (κ1) is 18.4. The Hall–Kier alpha value is -2.37. The topological polar surface area (TPSA) is 50.8 Å². The number of nitrogens with one attached hydrogen (secondary N) is 1. The van der Waals surface area contributed by atoms with E-state index in [1.54, 1.807) is 19.2 Å². The number of hydrogen-bond acceptors (Lipinski definition) is 4. The van der Waals surface area contributed by atoms with Gasteiger partial charge in [-0.25, -0.2) is 0 Å². The molecule has 1 atom stereocenters. The number of methoxy groups -OCH3 is 1. The van der Waals surface area contributed by atoms with E-state index < -0.39 is 0 Å². The van der Waals surface area contributed by atoms with Crippen LogP contribution in [0.3, 0.4) is 0 Å². The van der Waals surface area contributed by atoms with Crippen LogP contribution in [-0.2, 0) is 17.8 Å². The Balaban J connectivity index is 1.59. The molecule has 1 aliphatic heterocycles. The maximum atomic E-state index is 12.4. The molecule has 5 nitrogen and oxygen atoms in total. The molecular weight excluding hydrogens is 328 g/mol. The van der Waals surface area contributed by atoms with Gasteiger partial charge in [-0.1, -0.05) is 36.4 Å². The maximum Gasteiger partial charge on any atom is 0.255 e. The van der Waals surface area contributed by atoms with Gasteiger partial charge < -0.3 is 14.8 Å². The Morgan fingerprint density at radius 3 is 2.85 bits per heavy atom. The summed E-state index contributed by atoms with van der Waals surface area (Å²) in [6.07, 6.45) is 0.284. The van der Waals surface area contributed by atoms with Gasteiger partial charge in [-0.2, -0.15) is 0 Å². The number of nitrogens with zero attached hydrogens (tertiary/aromatic N) is 1. The summed E-state index contributed by atoms with van der Waals surface area (Å²) in [6, 6.07) is 15.6. The van der Waals surface area contributed by atoms with Crippen molar-refractivity contribution in [1.82, 2.24) is 10.2 Å². The van der Waals surface area contributed by atoms with Gasteiger partial charge in [0.25, 0.3) is 5.91 Å². The molecule has 2 aromatic carbocycles. The Morgan fingerprint density at radius 1 is 1.23 bits per heavy atom. The van der Waals surface area contributed by atoms with Gasteiger partial charge in [0.05, 0.1) is 25.4 Å². The summed E-state index contributed by atoms with van der Waals surface area (Å²) < 4.78 is 10.9. The molecular formula is C21H26N2O3. The molecule has 138 valence electrons. The lowest BCUT2D eigenvalue weighted by atomic mass is 10.1. The molecule has 1 heterocycles.